The molecule has 0 amide bonds. The first kappa shape index (κ1) is 16.1. The molecule has 120 valence electrons. The first-order valence-electron chi connectivity index (χ1n) is 7.59. The zero-order chi connectivity index (χ0) is 17.2. The van der Waals surface area contributed by atoms with Crippen molar-refractivity contribution in [2.24, 2.45) is 0 Å². The number of hydrogen-bond donors (Lipinski definition) is 1. The number of benzene rings is 2. The standard InChI is InChI=1S/C19H20BrNO2/c1-7-8(2)12(6)18-14(9(7)3)13-10(4)11(5)17(21)16(20)15(13)19(22)23-18/h21H2,1-6H3. The second-order valence-electron chi connectivity index (χ2n) is 6.32. The van der Waals surface area contributed by atoms with E-state index in [1.807, 2.05) is 20.8 Å². The number of hydrogen-bond acceptors (Lipinski definition) is 3. The zero-order valence-corrected chi connectivity index (χ0v) is 15.9. The molecule has 1 heterocycles. The monoisotopic (exact) mass is 373 g/mol. The van der Waals surface area contributed by atoms with Crippen LogP contribution in [0.25, 0.3) is 21.7 Å². The van der Waals surface area contributed by atoms with Gasteiger partial charge < -0.3 is 10.2 Å². The predicted octanol–water partition coefficient (Wildman–Crippen LogP) is 5.14. The van der Waals surface area contributed by atoms with Gasteiger partial charge >= 0.3 is 5.63 Å². The van der Waals surface area contributed by atoms with Crippen LogP contribution >= 0.6 is 15.9 Å². The van der Waals surface area contributed by atoms with Crippen molar-refractivity contribution in [3.8, 4) is 0 Å². The quantitative estimate of drug-likeness (QED) is 0.337. The van der Waals surface area contributed by atoms with Crippen LogP contribution in [0.5, 0.6) is 0 Å². The van der Waals surface area contributed by atoms with Gasteiger partial charge in [0.2, 0.25) is 0 Å². The van der Waals surface area contributed by atoms with Crippen molar-refractivity contribution in [3.05, 3.63) is 48.3 Å². The van der Waals surface area contributed by atoms with E-state index in [-0.39, 0.29) is 5.63 Å². The van der Waals surface area contributed by atoms with Crippen molar-refractivity contribution in [3.63, 3.8) is 0 Å². The normalized spacial score (nSPS) is 11.6. The molecule has 0 saturated carbocycles. The number of halogens is 1. The molecule has 0 atom stereocenters. The fourth-order valence-corrected chi connectivity index (χ4v) is 4.00. The largest absolute Gasteiger partial charge is 0.422 e. The Labute approximate surface area is 143 Å². The summed E-state index contributed by atoms with van der Waals surface area (Å²) in [5, 5.41) is 2.49. The molecule has 0 radical (unpaired) electrons. The van der Waals surface area contributed by atoms with Gasteiger partial charge in [-0.2, -0.15) is 0 Å². The van der Waals surface area contributed by atoms with Crippen molar-refractivity contribution in [1.29, 1.82) is 0 Å². The van der Waals surface area contributed by atoms with Crippen LogP contribution in [0.2, 0.25) is 0 Å². The van der Waals surface area contributed by atoms with Crippen LogP contribution in [0, 0.1) is 41.5 Å². The van der Waals surface area contributed by atoms with Crippen LogP contribution < -0.4 is 11.4 Å². The van der Waals surface area contributed by atoms with Crippen LogP contribution in [-0.2, 0) is 0 Å². The molecule has 23 heavy (non-hydrogen) atoms. The number of fused-ring (bicyclic) bond motifs is 3. The van der Waals surface area contributed by atoms with Crippen LogP contribution in [-0.4, -0.2) is 0 Å². The van der Waals surface area contributed by atoms with E-state index in [4.69, 9.17) is 10.2 Å². The molecule has 0 fully saturated rings. The molecule has 0 unspecified atom stereocenters. The van der Waals surface area contributed by atoms with E-state index < -0.39 is 0 Å². The van der Waals surface area contributed by atoms with Gasteiger partial charge in [-0.25, -0.2) is 4.79 Å². The lowest BCUT2D eigenvalue weighted by atomic mass is 9.90. The van der Waals surface area contributed by atoms with E-state index in [2.05, 4.69) is 36.7 Å². The minimum Gasteiger partial charge on any atom is -0.422 e. The number of aryl methyl sites for hydroxylation is 3. The summed E-state index contributed by atoms with van der Waals surface area (Å²) in [5.74, 6) is 0. The Kier molecular flexibility index (Phi) is 3.56. The Hall–Kier alpha value is -1.81. The van der Waals surface area contributed by atoms with Crippen molar-refractivity contribution in [1.82, 2.24) is 0 Å². The van der Waals surface area contributed by atoms with Crippen LogP contribution in [0.1, 0.15) is 33.4 Å². The molecule has 3 aromatic rings. The molecular weight excluding hydrogens is 354 g/mol. The number of anilines is 1. The molecule has 0 bridgehead atoms. The second kappa shape index (κ2) is 5.10. The zero-order valence-electron chi connectivity index (χ0n) is 14.3. The van der Waals surface area contributed by atoms with E-state index in [0.717, 1.165) is 33.0 Å². The summed E-state index contributed by atoms with van der Waals surface area (Å²) in [5.41, 5.74) is 13.7. The Bertz CT molecular complexity index is 1060. The van der Waals surface area contributed by atoms with Gasteiger partial charge in [0, 0.05) is 16.5 Å². The Morgan fingerprint density at radius 2 is 1.26 bits per heavy atom. The van der Waals surface area contributed by atoms with E-state index in [9.17, 15) is 4.79 Å². The van der Waals surface area contributed by atoms with Crippen molar-refractivity contribution >= 4 is 43.4 Å². The van der Waals surface area contributed by atoms with Gasteiger partial charge in [-0.1, -0.05) is 0 Å². The smallest absolute Gasteiger partial charge is 0.345 e. The third kappa shape index (κ3) is 1.97. The summed E-state index contributed by atoms with van der Waals surface area (Å²) in [7, 11) is 0. The van der Waals surface area contributed by atoms with Crippen LogP contribution in [0.3, 0.4) is 0 Å². The third-order valence-electron chi connectivity index (χ3n) is 5.33. The molecule has 0 aliphatic carbocycles. The number of nitrogen functional groups attached to an aromatic ring is 1. The van der Waals surface area contributed by atoms with Crippen molar-refractivity contribution in [2.45, 2.75) is 41.5 Å². The molecule has 2 N–H and O–H groups in total. The Morgan fingerprint density at radius 3 is 1.87 bits per heavy atom. The summed E-state index contributed by atoms with van der Waals surface area (Å²) in [4.78, 5) is 12.6. The highest BCUT2D eigenvalue weighted by atomic mass is 79.9. The lowest BCUT2D eigenvalue weighted by molar-refractivity contribution is 0.566. The van der Waals surface area contributed by atoms with Crippen LogP contribution in [0.4, 0.5) is 5.69 Å². The molecule has 3 nitrogen and oxygen atoms in total. The summed E-state index contributed by atoms with van der Waals surface area (Å²) in [6, 6.07) is 0. The van der Waals surface area contributed by atoms with Crippen molar-refractivity contribution < 1.29 is 4.42 Å². The highest BCUT2D eigenvalue weighted by Crippen LogP contribution is 2.40. The maximum atomic E-state index is 12.6. The van der Waals surface area contributed by atoms with E-state index in [1.165, 1.54) is 11.1 Å². The van der Waals surface area contributed by atoms with E-state index >= 15 is 0 Å². The minimum absolute atomic E-state index is 0.347. The molecule has 0 aliphatic heterocycles. The average molecular weight is 374 g/mol. The molecule has 0 saturated heterocycles. The summed E-state index contributed by atoms with van der Waals surface area (Å²) in [6.45, 7) is 12.3. The van der Waals surface area contributed by atoms with Gasteiger partial charge in [-0.05, 0) is 90.9 Å². The highest BCUT2D eigenvalue weighted by molar-refractivity contribution is 9.10. The maximum Gasteiger partial charge on any atom is 0.345 e. The molecular formula is C19H20BrNO2. The van der Waals surface area contributed by atoms with Crippen molar-refractivity contribution in [2.75, 3.05) is 5.73 Å². The predicted molar refractivity (Wildman–Crippen MR) is 101 cm³/mol. The fourth-order valence-electron chi connectivity index (χ4n) is 3.34. The minimum atomic E-state index is -0.347. The van der Waals surface area contributed by atoms with Gasteiger partial charge in [0.1, 0.15) is 5.58 Å². The maximum absolute atomic E-state index is 12.6. The second-order valence-corrected chi connectivity index (χ2v) is 7.11. The van der Waals surface area contributed by atoms with Gasteiger partial charge in [0.25, 0.3) is 0 Å². The molecule has 2 aromatic carbocycles. The molecule has 1 aromatic heterocycles. The fraction of sp³-hybridized carbons (Fsp3) is 0.316. The SMILES string of the molecule is Cc1c(C)c(C)c2c(oc(=O)c3c(Br)c(N)c(C)c(C)c32)c1C. The molecule has 0 spiro atoms. The topological polar surface area (TPSA) is 56.2 Å². The van der Waals surface area contributed by atoms with Gasteiger partial charge in [-0.15, -0.1) is 0 Å². The summed E-state index contributed by atoms with van der Waals surface area (Å²) >= 11 is 3.49. The van der Waals surface area contributed by atoms with E-state index in [1.54, 1.807) is 0 Å². The van der Waals surface area contributed by atoms with Gasteiger partial charge in [0.05, 0.1) is 9.86 Å². The number of nitrogens with two attached hydrogens (primary N) is 1. The Morgan fingerprint density at radius 1 is 0.739 bits per heavy atom. The lowest BCUT2D eigenvalue weighted by Crippen LogP contribution is -2.08. The molecule has 0 aliphatic rings. The molecule has 4 heteroatoms. The molecule has 3 rings (SSSR count). The first-order valence-corrected chi connectivity index (χ1v) is 8.38. The first-order chi connectivity index (χ1) is 10.7. The number of rotatable bonds is 0. The Balaban J connectivity index is 2.84. The average Bonchev–Trinajstić information content (AvgIpc) is 2.53. The van der Waals surface area contributed by atoms with E-state index in [0.29, 0.717) is 21.1 Å². The third-order valence-corrected chi connectivity index (χ3v) is 6.15. The van der Waals surface area contributed by atoms with Gasteiger partial charge in [0.15, 0.2) is 0 Å². The van der Waals surface area contributed by atoms with Gasteiger partial charge in [-0.3, -0.25) is 0 Å². The summed E-state index contributed by atoms with van der Waals surface area (Å²) in [6.07, 6.45) is 0. The lowest BCUT2D eigenvalue weighted by Gasteiger charge is -2.18. The highest BCUT2D eigenvalue weighted by Gasteiger charge is 2.21. The van der Waals surface area contributed by atoms with Crippen LogP contribution in [0.15, 0.2) is 13.7 Å². The summed E-state index contributed by atoms with van der Waals surface area (Å²) < 4.78 is 6.34.